The van der Waals surface area contributed by atoms with Gasteiger partial charge in [0.2, 0.25) is 0 Å². The summed E-state index contributed by atoms with van der Waals surface area (Å²) in [6.45, 7) is 1.24. The zero-order valence-electron chi connectivity index (χ0n) is 10.9. The van der Waals surface area contributed by atoms with Crippen molar-refractivity contribution in [2.24, 2.45) is 0 Å². The average Bonchev–Trinajstić information content (AvgIpc) is 2.36. The van der Waals surface area contributed by atoms with Crippen LogP contribution in [0.15, 0.2) is 12.1 Å². The van der Waals surface area contributed by atoms with E-state index in [1.165, 1.54) is 6.92 Å². The maximum atomic E-state index is 11.1. The van der Waals surface area contributed by atoms with Crippen LogP contribution < -0.4 is 0 Å². The van der Waals surface area contributed by atoms with Gasteiger partial charge >= 0.3 is 11.9 Å². The standard InChI is InChI=1S/C12H13NO8/c1-5-7(12(18)19)2-6(3-8(5)13(20)21)11(17)9(14)4-10(15)16/h2-3,9,11,14,17H,4H2,1H3,(H,15,16)(H,18,19). The molecule has 0 bridgehead atoms. The molecule has 1 aromatic carbocycles. The Hall–Kier alpha value is -2.52. The molecule has 4 N–H and O–H groups in total. The normalized spacial score (nSPS) is 13.5. The van der Waals surface area contributed by atoms with Crippen molar-refractivity contribution < 1.29 is 34.9 Å². The molecule has 0 saturated carbocycles. The van der Waals surface area contributed by atoms with Gasteiger partial charge in [-0.15, -0.1) is 0 Å². The zero-order valence-corrected chi connectivity index (χ0v) is 10.9. The highest BCUT2D eigenvalue weighted by atomic mass is 16.6. The van der Waals surface area contributed by atoms with Gasteiger partial charge in [0.05, 0.1) is 23.0 Å². The number of carbonyl (C=O) groups is 2. The minimum atomic E-state index is -1.75. The second-order valence-electron chi connectivity index (χ2n) is 4.38. The van der Waals surface area contributed by atoms with Crippen LogP contribution in [0.25, 0.3) is 0 Å². The SMILES string of the molecule is Cc1c(C(=O)O)cc(C(O)C(O)CC(=O)O)cc1[N+](=O)[O-]. The Morgan fingerprint density at radius 2 is 1.86 bits per heavy atom. The Kier molecular flexibility index (Phi) is 4.95. The first-order chi connectivity index (χ1) is 9.65. The monoisotopic (exact) mass is 299 g/mol. The van der Waals surface area contributed by atoms with Crippen LogP contribution in [-0.2, 0) is 4.79 Å². The number of aliphatic hydroxyl groups excluding tert-OH is 2. The van der Waals surface area contributed by atoms with Crippen molar-refractivity contribution in [3.05, 3.63) is 38.9 Å². The lowest BCUT2D eigenvalue weighted by molar-refractivity contribution is -0.385. The number of nitro groups is 1. The molecule has 0 fully saturated rings. The number of benzene rings is 1. The van der Waals surface area contributed by atoms with E-state index in [9.17, 15) is 29.9 Å². The van der Waals surface area contributed by atoms with Crippen LogP contribution in [0.5, 0.6) is 0 Å². The number of carboxylic acid groups (broad SMARTS) is 2. The second kappa shape index (κ2) is 6.29. The van der Waals surface area contributed by atoms with Crippen molar-refractivity contribution in [3.8, 4) is 0 Å². The molecular weight excluding hydrogens is 286 g/mol. The summed E-state index contributed by atoms with van der Waals surface area (Å²) in [5.41, 5.74) is -1.28. The molecular formula is C12H13NO8. The summed E-state index contributed by atoms with van der Waals surface area (Å²) in [6.07, 6.45) is -4.25. The van der Waals surface area contributed by atoms with E-state index >= 15 is 0 Å². The summed E-state index contributed by atoms with van der Waals surface area (Å²) in [5, 5.41) is 47.8. The van der Waals surface area contributed by atoms with Gasteiger partial charge in [-0.2, -0.15) is 0 Å². The maximum Gasteiger partial charge on any atom is 0.336 e. The van der Waals surface area contributed by atoms with Crippen molar-refractivity contribution >= 4 is 17.6 Å². The molecule has 0 heterocycles. The first-order valence-electron chi connectivity index (χ1n) is 5.75. The first-order valence-corrected chi connectivity index (χ1v) is 5.75. The van der Waals surface area contributed by atoms with E-state index in [-0.39, 0.29) is 11.1 Å². The van der Waals surface area contributed by atoms with Crippen molar-refractivity contribution in [2.75, 3.05) is 0 Å². The molecule has 2 unspecified atom stereocenters. The molecule has 9 heteroatoms. The Morgan fingerprint density at radius 3 is 2.29 bits per heavy atom. The van der Waals surface area contributed by atoms with Gasteiger partial charge in [-0.3, -0.25) is 14.9 Å². The molecule has 21 heavy (non-hydrogen) atoms. The van der Waals surface area contributed by atoms with Crippen LogP contribution in [0, 0.1) is 17.0 Å². The Bertz CT molecular complexity index is 562. The summed E-state index contributed by atoms with van der Waals surface area (Å²) < 4.78 is 0. The molecule has 0 radical (unpaired) electrons. The highest BCUT2D eigenvalue weighted by molar-refractivity contribution is 5.91. The molecule has 9 nitrogen and oxygen atoms in total. The molecule has 1 rings (SSSR count). The number of carboxylic acids is 2. The number of nitrogens with zero attached hydrogens (tertiary/aromatic N) is 1. The van der Waals surface area contributed by atoms with Gasteiger partial charge in [0.25, 0.3) is 5.69 Å². The summed E-state index contributed by atoms with van der Waals surface area (Å²) in [4.78, 5) is 31.6. The molecule has 0 amide bonds. The van der Waals surface area contributed by atoms with Gasteiger partial charge < -0.3 is 20.4 Å². The predicted molar refractivity (Wildman–Crippen MR) is 68.0 cm³/mol. The van der Waals surface area contributed by atoms with Gasteiger partial charge in [-0.05, 0) is 18.6 Å². The second-order valence-corrected chi connectivity index (χ2v) is 4.38. The van der Waals surface area contributed by atoms with E-state index in [2.05, 4.69) is 0 Å². The fourth-order valence-corrected chi connectivity index (χ4v) is 1.82. The zero-order chi connectivity index (χ0) is 16.3. The van der Waals surface area contributed by atoms with E-state index in [1.807, 2.05) is 0 Å². The summed E-state index contributed by atoms with van der Waals surface area (Å²) >= 11 is 0. The molecule has 0 aliphatic heterocycles. The molecule has 0 aromatic heterocycles. The average molecular weight is 299 g/mol. The van der Waals surface area contributed by atoms with E-state index in [4.69, 9.17) is 10.2 Å². The van der Waals surface area contributed by atoms with Crippen LogP contribution >= 0.6 is 0 Å². The number of rotatable bonds is 6. The third-order valence-corrected chi connectivity index (χ3v) is 2.92. The molecule has 1 aromatic rings. The fraction of sp³-hybridized carbons (Fsp3) is 0.333. The smallest absolute Gasteiger partial charge is 0.336 e. The van der Waals surface area contributed by atoms with Crippen molar-refractivity contribution in [3.63, 3.8) is 0 Å². The number of aliphatic carboxylic acids is 1. The van der Waals surface area contributed by atoms with E-state index < -0.39 is 46.7 Å². The maximum absolute atomic E-state index is 11.1. The summed E-state index contributed by atoms with van der Waals surface area (Å²) in [7, 11) is 0. The quantitative estimate of drug-likeness (QED) is 0.435. The Labute approximate surface area is 118 Å². The van der Waals surface area contributed by atoms with Crippen LogP contribution in [0.1, 0.15) is 34.0 Å². The van der Waals surface area contributed by atoms with Crippen LogP contribution in [-0.4, -0.2) is 43.4 Å². The molecule has 0 aliphatic rings. The number of hydrogen-bond acceptors (Lipinski definition) is 6. The summed E-state index contributed by atoms with van der Waals surface area (Å²) in [5.74, 6) is -2.81. The van der Waals surface area contributed by atoms with E-state index in [0.717, 1.165) is 12.1 Å². The largest absolute Gasteiger partial charge is 0.481 e. The van der Waals surface area contributed by atoms with E-state index in [0.29, 0.717) is 0 Å². The van der Waals surface area contributed by atoms with Crippen molar-refractivity contribution in [1.29, 1.82) is 0 Å². The van der Waals surface area contributed by atoms with Gasteiger partial charge in [0.15, 0.2) is 0 Å². The number of aromatic carboxylic acids is 1. The van der Waals surface area contributed by atoms with Crippen LogP contribution in [0.3, 0.4) is 0 Å². The molecule has 2 atom stereocenters. The van der Waals surface area contributed by atoms with Gasteiger partial charge in [0.1, 0.15) is 6.10 Å². The number of nitro benzene ring substituents is 1. The molecule has 114 valence electrons. The Morgan fingerprint density at radius 1 is 1.29 bits per heavy atom. The summed E-state index contributed by atoms with van der Waals surface area (Å²) in [6, 6.07) is 1.89. The topological polar surface area (TPSA) is 158 Å². The molecule has 0 saturated heterocycles. The fourth-order valence-electron chi connectivity index (χ4n) is 1.82. The number of aliphatic hydroxyl groups is 2. The molecule has 0 aliphatic carbocycles. The highest BCUT2D eigenvalue weighted by Crippen LogP contribution is 2.29. The van der Waals surface area contributed by atoms with Crippen molar-refractivity contribution in [1.82, 2.24) is 0 Å². The third-order valence-electron chi connectivity index (χ3n) is 2.92. The first kappa shape index (κ1) is 16.5. The van der Waals surface area contributed by atoms with Gasteiger partial charge in [0, 0.05) is 11.6 Å². The third kappa shape index (κ3) is 3.74. The van der Waals surface area contributed by atoms with Crippen LogP contribution in [0.2, 0.25) is 0 Å². The minimum Gasteiger partial charge on any atom is -0.481 e. The van der Waals surface area contributed by atoms with Crippen LogP contribution in [0.4, 0.5) is 5.69 Å². The lowest BCUT2D eigenvalue weighted by atomic mass is 9.96. The lowest BCUT2D eigenvalue weighted by Gasteiger charge is -2.17. The van der Waals surface area contributed by atoms with Gasteiger partial charge in [-0.1, -0.05) is 0 Å². The Balaban J connectivity index is 3.33. The number of hydrogen-bond donors (Lipinski definition) is 4. The predicted octanol–water partition coefficient (Wildman–Crippen LogP) is 0.470. The highest BCUT2D eigenvalue weighted by Gasteiger charge is 2.27. The van der Waals surface area contributed by atoms with Crippen molar-refractivity contribution in [2.45, 2.75) is 25.6 Å². The lowest BCUT2D eigenvalue weighted by Crippen LogP contribution is -2.22. The van der Waals surface area contributed by atoms with E-state index in [1.54, 1.807) is 0 Å². The minimum absolute atomic E-state index is 0.101. The van der Waals surface area contributed by atoms with Gasteiger partial charge in [-0.25, -0.2) is 4.79 Å². The molecule has 0 spiro atoms.